The first-order chi connectivity index (χ1) is 9.81. The lowest BCUT2D eigenvalue weighted by Crippen LogP contribution is -2.53. The largest absolute Gasteiger partial charge is 0.444 e. The molecule has 0 aliphatic carbocycles. The maximum atomic E-state index is 13.5. The zero-order chi connectivity index (χ0) is 15.5. The van der Waals surface area contributed by atoms with Crippen molar-refractivity contribution in [1.82, 2.24) is 10.6 Å². The van der Waals surface area contributed by atoms with Crippen molar-refractivity contribution in [2.45, 2.75) is 44.8 Å². The highest BCUT2D eigenvalue weighted by Gasteiger charge is 2.37. The van der Waals surface area contributed by atoms with Crippen LogP contribution in [0.15, 0.2) is 24.3 Å². The molecule has 116 valence electrons. The molecule has 1 aromatic carbocycles. The van der Waals surface area contributed by atoms with Crippen LogP contribution >= 0.6 is 0 Å². The van der Waals surface area contributed by atoms with Gasteiger partial charge in [0.15, 0.2) is 0 Å². The van der Waals surface area contributed by atoms with E-state index in [1.165, 1.54) is 12.1 Å². The average molecular weight is 294 g/mol. The molecule has 1 aromatic rings. The van der Waals surface area contributed by atoms with Crippen LogP contribution in [0.4, 0.5) is 9.18 Å². The lowest BCUT2D eigenvalue weighted by molar-refractivity contribution is 0.0426. The summed E-state index contributed by atoms with van der Waals surface area (Å²) in [5.74, 6) is -0.295. The molecule has 0 radical (unpaired) electrons. The zero-order valence-electron chi connectivity index (χ0n) is 12.8. The van der Waals surface area contributed by atoms with Crippen LogP contribution in [-0.4, -0.2) is 24.8 Å². The average Bonchev–Trinajstić information content (AvgIpc) is 2.37. The van der Waals surface area contributed by atoms with Crippen LogP contribution in [0.25, 0.3) is 0 Å². The van der Waals surface area contributed by atoms with E-state index in [0.29, 0.717) is 12.8 Å². The van der Waals surface area contributed by atoms with Gasteiger partial charge in [0, 0.05) is 0 Å². The summed E-state index contributed by atoms with van der Waals surface area (Å²) in [5, 5.41) is 6.22. The number of benzene rings is 1. The van der Waals surface area contributed by atoms with E-state index in [4.69, 9.17) is 4.74 Å². The molecule has 0 atom stereocenters. The van der Waals surface area contributed by atoms with Crippen molar-refractivity contribution < 1.29 is 13.9 Å². The minimum atomic E-state index is -0.574. The Balaban J connectivity index is 2.23. The Morgan fingerprint density at radius 1 is 1.33 bits per heavy atom. The van der Waals surface area contributed by atoms with E-state index >= 15 is 0 Å². The van der Waals surface area contributed by atoms with E-state index in [9.17, 15) is 9.18 Å². The predicted molar refractivity (Wildman–Crippen MR) is 79.6 cm³/mol. The third-order valence-corrected chi connectivity index (χ3v) is 3.57. The summed E-state index contributed by atoms with van der Waals surface area (Å²) < 4.78 is 18.9. The lowest BCUT2D eigenvalue weighted by Gasteiger charge is -2.39. The van der Waals surface area contributed by atoms with Gasteiger partial charge in [0.1, 0.15) is 11.4 Å². The molecule has 4 nitrogen and oxygen atoms in total. The second-order valence-corrected chi connectivity index (χ2v) is 6.47. The van der Waals surface area contributed by atoms with Crippen LogP contribution in [0.5, 0.6) is 0 Å². The third-order valence-electron chi connectivity index (χ3n) is 3.57. The molecule has 1 aliphatic rings. The standard InChI is InChI=1S/C16H23FN2O2/c1-15(2,3)21-14(20)19-16(7-9-18-10-8-16)12-5-4-6-13(17)11-12/h4-6,11,18H,7-10H2,1-3H3,(H,19,20). The molecule has 0 unspecified atom stereocenters. The number of hydrogen-bond donors (Lipinski definition) is 2. The molecule has 0 spiro atoms. The zero-order valence-corrected chi connectivity index (χ0v) is 12.8. The summed E-state index contributed by atoms with van der Waals surface area (Å²) in [5.41, 5.74) is -0.342. The van der Waals surface area contributed by atoms with Crippen LogP contribution in [0.1, 0.15) is 39.2 Å². The maximum absolute atomic E-state index is 13.5. The normalized spacial score (nSPS) is 18.1. The molecule has 1 fully saturated rings. The molecule has 5 heteroatoms. The van der Waals surface area contributed by atoms with Gasteiger partial charge in [-0.1, -0.05) is 12.1 Å². The number of alkyl carbamates (subject to hydrolysis) is 1. The van der Waals surface area contributed by atoms with Crippen molar-refractivity contribution >= 4 is 6.09 Å². The molecule has 1 aliphatic heterocycles. The maximum Gasteiger partial charge on any atom is 0.408 e. The summed E-state index contributed by atoms with van der Waals surface area (Å²) in [6.07, 6.45) is 0.944. The number of carbonyl (C=O) groups excluding carboxylic acids is 1. The van der Waals surface area contributed by atoms with Gasteiger partial charge in [-0.2, -0.15) is 0 Å². The fraction of sp³-hybridized carbons (Fsp3) is 0.562. The first kappa shape index (κ1) is 15.8. The van der Waals surface area contributed by atoms with Crippen molar-refractivity contribution in [2.24, 2.45) is 0 Å². The molecule has 2 N–H and O–H groups in total. The Kier molecular flexibility index (Phi) is 4.52. The van der Waals surface area contributed by atoms with Gasteiger partial charge in [0.05, 0.1) is 5.54 Å². The van der Waals surface area contributed by atoms with Crippen LogP contribution in [-0.2, 0) is 10.3 Å². The van der Waals surface area contributed by atoms with Crippen LogP contribution in [0, 0.1) is 5.82 Å². The minimum absolute atomic E-state index is 0.295. The minimum Gasteiger partial charge on any atom is -0.444 e. The van der Waals surface area contributed by atoms with Crippen LogP contribution in [0.3, 0.4) is 0 Å². The summed E-state index contributed by atoms with van der Waals surface area (Å²) in [7, 11) is 0. The molecular formula is C16H23FN2O2. The molecule has 0 saturated carbocycles. The Bertz CT molecular complexity index is 505. The van der Waals surface area contributed by atoms with E-state index in [1.54, 1.807) is 6.07 Å². The van der Waals surface area contributed by atoms with E-state index in [2.05, 4.69) is 10.6 Å². The van der Waals surface area contributed by atoms with Gasteiger partial charge < -0.3 is 15.4 Å². The van der Waals surface area contributed by atoms with Crippen molar-refractivity contribution in [1.29, 1.82) is 0 Å². The second kappa shape index (κ2) is 6.02. The molecule has 1 heterocycles. The van der Waals surface area contributed by atoms with Gasteiger partial charge in [0.2, 0.25) is 0 Å². The highest BCUT2D eigenvalue weighted by atomic mass is 19.1. The van der Waals surface area contributed by atoms with Crippen molar-refractivity contribution in [3.63, 3.8) is 0 Å². The number of halogens is 1. The molecule has 0 aromatic heterocycles. The third kappa shape index (κ3) is 4.17. The SMILES string of the molecule is CC(C)(C)OC(=O)NC1(c2cccc(F)c2)CCNCC1. The Morgan fingerprint density at radius 2 is 2.00 bits per heavy atom. The lowest BCUT2D eigenvalue weighted by atomic mass is 9.81. The molecule has 21 heavy (non-hydrogen) atoms. The highest BCUT2D eigenvalue weighted by Crippen LogP contribution is 2.31. The van der Waals surface area contributed by atoms with Crippen LogP contribution in [0.2, 0.25) is 0 Å². The van der Waals surface area contributed by atoms with Crippen molar-refractivity contribution in [2.75, 3.05) is 13.1 Å². The molecule has 0 bridgehead atoms. The second-order valence-electron chi connectivity index (χ2n) is 6.47. The molecule has 1 amide bonds. The van der Waals surface area contributed by atoms with Gasteiger partial charge in [-0.15, -0.1) is 0 Å². The highest BCUT2D eigenvalue weighted by molar-refractivity contribution is 5.69. The number of hydrogen-bond acceptors (Lipinski definition) is 3. The van der Waals surface area contributed by atoms with E-state index < -0.39 is 17.2 Å². The van der Waals surface area contributed by atoms with Crippen molar-refractivity contribution in [3.8, 4) is 0 Å². The van der Waals surface area contributed by atoms with Gasteiger partial charge in [-0.05, 0) is 64.4 Å². The van der Waals surface area contributed by atoms with E-state index in [1.807, 2.05) is 26.8 Å². The number of nitrogens with one attached hydrogen (secondary N) is 2. The van der Waals surface area contributed by atoms with E-state index in [-0.39, 0.29) is 5.82 Å². The summed E-state index contributed by atoms with van der Waals surface area (Å²) in [4.78, 5) is 12.1. The first-order valence-corrected chi connectivity index (χ1v) is 7.29. The summed E-state index contributed by atoms with van der Waals surface area (Å²) >= 11 is 0. The Labute approximate surface area is 125 Å². The summed E-state index contributed by atoms with van der Waals surface area (Å²) in [6, 6.07) is 6.42. The fourth-order valence-corrected chi connectivity index (χ4v) is 2.62. The fourth-order valence-electron chi connectivity index (χ4n) is 2.62. The Hall–Kier alpha value is -1.62. The molecule has 2 rings (SSSR count). The molecule has 1 saturated heterocycles. The van der Waals surface area contributed by atoms with Gasteiger partial charge >= 0.3 is 6.09 Å². The first-order valence-electron chi connectivity index (χ1n) is 7.29. The number of carbonyl (C=O) groups is 1. The van der Waals surface area contributed by atoms with Gasteiger partial charge in [0.25, 0.3) is 0 Å². The number of amides is 1. The van der Waals surface area contributed by atoms with Crippen molar-refractivity contribution in [3.05, 3.63) is 35.6 Å². The van der Waals surface area contributed by atoms with Gasteiger partial charge in [-0.25, -0.2) is 9.18 Å². The Morgan fingerprint density at radius 3 is 2.57 bits per heavy atom. The number of ether oxygens (including phenoxy) is 1. The number of piperidine rings is 1. The van der Waals surface area contributed by atoms with E-state index in [0.717, 1.165) is 18.7 Å². The van der Waals surface area contributed by atoms with Crippen LogP contribution < -0.4 is 10.6 Å². The molecular weight excluding hydrogens is 271 g/mol. The predicted octanol–water partition coefficient (Wildman–Crippen LogP) is 2.93. The topological polar surface area (TPSA) is 50.4 Å². The monoisotopic (exact) mass is 294 g/mol. The number of rotatable bonds is 2. The summed E-state index contributed by atoms with van der Waals surface area (Å²) in [6.45, 7) is 7.01. The smallest absolute Gasteiger partial charge is 0.408 e. The quantitative estimate of drug-likeness (QED) is 0.881. The van der Waals surface area contributed by atoms with Gasteiger partial charge in [-0.3, -0.25) is 0 Å².